The van der Waals surface area contributed by atoms with Crippen molar-refractivity contribution in [3.05, 3.63) is 71.7 Å². The van der Waals surface area contributed by atoms with Crippen LogP contribution in [0.2, 0.25) is 0 Å². The van der Waals surface area contributed by atoms with Crippen LogP contribution >= 0.6 is 12.1 Å². The molecule has 1 N–H and O–H groups in total. The van der Waals surface area contributed by atoms with Crippen molar-refractivity contribution in [3.63, 3.8) is 0 Å². The Hall–Kier alpha value is -3.41. The number of rotatable bonds is 7. The van der Waals surface area contributed by atoms with Gasteiger partial charge < -0.3 is 18.9 Å². The van der Waals surface area contributed by atoms with E-state index in [1.807, 2.05) is 24.5 Å². The molecule has 0 bridgehead atoms. The van der Waals surface area contributed by atoms with Crippen molar-refractivity contribution >= 4 is 23.9 Å². The lowest BCUT2D eigenvalue weighted by Crippen LogP contribution is -2.63. The molecule has 2 aliphatic heterocycles. The highest BCUT2D eigenvalue weighted by atomic mass is 32.2. The van der Waals surface area contributed by atoms with E-state index in [2.05, 4.69) is 14.9 Å². The van der Waals surface area contributed by atoms with Crippen molar-refractivity contribution in [2.24, 2.45) is 0 Å². The molecule has 1 spiro atoms. The van der Waals surface area contributed by atoms with Gasteiger partial charge in [0.05, 0.1) is 25.4 Å². The highest BCUT2D eigenvalue weighted by molar-refractivity contribution is 7.98. The second-order valence-electron chi connectivity index (χ2n) is 8.08. The standard InChI is InChI=1S/C23H22FN5O4S/c1-28(2)34-27-18-6-3-5-15(21(18)24)12-29-22(30)33-19-11-16(32-20-7-4-10-25-26-20)8-9-17(19)23(29)13-31-14-23/h3-11,27H,12-14H2,1-2H3. The second kappa shape index (κ2) is 9.09. The van der Waals surface area contributed by atoms with Gasteiger partial charge in [-0.1, -0.05) is 12.1 Å². The lowest BCUT2D eigenvalue weighted by molar-refractivity contribution is -0.143. The van der Waals surface area contributed by atoms with E-state index in [1.54, 1.807) is 48.7 Å². The maximum Gasteiger partial charge on any atom is 0.416 e. The number of anilines is 1. The highest BCUT2D eigenvalue weighted by Gasteiger charge is 2.53. The molecule has 5 rings (SSSR count). The summed E-state index contributed by atoms with van der Waals surface area (Å²) in [6.45, 7) is 0.610. The Morgan fingerprint density at radius 1 is 1.24 bits per heavy atom. The fourth-order valence-corrected chi connectivity index (χ4v) is 4.32. The van der Waals surface area contributed by atoms with Crippen LogP contribution in [-0.4, -0.2) is 52.8 Å². The van der Waals surface area contributed by atoms with E-state index in [1.165, 1.54) is 17.0 Å². The summed E-state index contributed by atoms with van der Waals surface area (Å²) in [5.41, 5.74) is 0.748. The minimum Gasteiger partial charge on any atom is -0.437 e. The molecule has 0 aliphatic carbocycles. The van der Waals surface area contributed by atoms with Gasteiger partial charge in [0, 0.05) is 41.6 Å². The first-order valence-electron chi connectivity index (χ1n) is 10.5. The molecule has 176 valence electrons. The van der Waals surface area contributed by atoms with E-state index in [4.69, 9.17) is 14.2 Å². The zero-order valence-corrected chi connectivity index (χ0v) is 19.3. The number of fused-ring (bicyclic) bond motifs is 2. The van der Waals surface area contributed by atoms with Crippen LogP contribution in [0.3, 0.4) is 0 Å². The Balaban J connectivity index is 1.42. The van der Waals surface area contributed by atoms with Crippen molar-refractivity contribution in [2.75, 3.05) is 32.0 Å². The zero-order chi connectivity index (χ0) is 23.7. The van der Waals surface area contributed by atoms with Gasteiger partial charge in [0.15, 0.2) is 5.82 Å². The average Bonchev–Trinajstić information content (AvgIpc) is 2.79. The molecule has 1 saturated heterocycles. The van der Waals surface area contributed by atoms with Crippen LogP contribution in [0.15, 0.2) is 54.7 Å². The van der Waals surface area contributed by atoms with Gasteiger partial charge in [0.2, 0.25) is 5.88 Å². The number of nitrogens with zero attached hydrogens (tertiary/aromatic N) is 4. The Labute approximate surface area is 200 Å². The van der Waals surface area contributed by atoms with Gasteiger partial charge in [0.1, 0.15) is 17.0 Å². The van der Waals surface area contributed by atoms with E-state index in [-0.39, 0.29) is 19.8 Å². The summed E-state index contributed by atoms with van der Waals surface area (Å²) in [5.74, 6) is 0.742. The molecule has 3 aromatic rings. The summed E-state index contributed by atoms with van der Waals surface area (Å²) in [5, 5.41) is 7.69. The van der Waals surface area contributed by atoms with E-state index < -0.39 is 17.4 Å². The first-order chi connectivity index (χ1) is 16.5. The molecule has 1 amide bonds. The van der Waals surface area contributed by atoms with Crippen molar-refractivity contribution in [2.45, 2.75) is 12.1 Å². The summed E-state index contributed by atoms with van der Waals surface area (Å²) in [7, 11) is 3.70. The largest absolute Gasteiger partial charge is 0.437 e. The number of amides is 1. The number of hydrogen-bond acceptors (Lipinski definition) is 9. The Bertz CT molecular complexity index is 1210. The minimum absolute atomic E-state index is 0.0352. The first-order valence-corrected chi connectivity index (χ1v) is 11.3. The van der Waals surface area contributed by atoms with Gasteiger partial charge in [-0.25, -0.2) is 13.5 Å². The third-order valence-corrected chi connectivity index (χ3v) is 6.26. The summed E-state index contributed by atoms with van der Waals surface area (Å²) < 4.78 is 36.9. The normalized spacial score (nSPS) is 16.1. The summed E-state index contributed by atoms with van der Waals surface area (Å²) in [6, 6.07) is 13.7. The number of carbonyl (C=O) groups excluding carboxylic acids is 1. The van der Waals surface area contributed by atoms with Gasteiger partial charge in [-0.2, -0.15) is 5.10 Å². The van der Waals surface area contributed by atoms with Crippen LogP contribution in [0.4, 0.5) is 14.9 Å². The minimum atomic E-state index is -0.746. The van der Waals surface area contributed by atoms with Crippen LogP contribution in [0, 0.1) is 5.82 Å². The average molecular weight is 484 g/mol. The molecule has 0 radical (unpaired) electrons. The fourth-order valence-electron chi connectivity index (χ4n) is 3.88. The number of halogens is 1. The Morgan fingerprint density at radius 3 is 2.79 bits per heavy atom. The van der Waals surface area contributed by atoms with Gasteiger partial charge in [-0.15, -0.1) is 5.10 Å². The maximum atomic E-state index is 15.2. The van der Waals surface area contributed by atoms with Crippen molar-refractivity contribution in [1.82, 2.24) is 19.4 Å². The van der Waals surface area contributed by atoms with Crippen LogP contribution < -0.4 is 14.2 Å². The van der Waals surface area contributed by atoms with Crippen molar-refractivity contribution < 1.29 is 23.4 Å². The van der Waals surface area contributed by atoms with E-state index in [0.29, 0.717) is 28.6 Å². The number of hydrogen-bond donors (Lipinski definition) is 1. The summed E-state index contributed by atoms with van der Waals surface area (Å²) in [6.07, 6.45) is 0.972. The van der Waals surface area contributed by atoms with Gasteiger partial charge >= 0.3 is 6.09 Å². The molecule has 34 heavy (non-hydrogen) atoms. The number of carbonyl (C=O) groups is 1. The molecule has 0 atom stereocenters. The molecule has 9 nitrogen and oxygen atoms in total. The Kier molecular flexibility index (Phi) is 5.98. The number of nitrogens with one attached hydrogen (secondary N) is 1. The molecular formula is C23H22FN5O4S. The third kappa shape index (κ3) is 4.13. The molecule has 2 aromatic carbocycles. The topological polar surface area (TPSA) is 89.1 Å². The number of aromatic nitrogens is 2. The fraction of sp³-hybridized carbons (Fsp3) is 0.261. The summed E-state index contributed by atoms with van der Waals surface area (Å²) in [4.78, 5) is 14.6. The summed E-state index contributed by atoms with van der Waals surface area (Å²) >= 11 is 1.26. The predicted octanol–water partition coefficient (Wildman–Crippen LogP) is 4.18. The SMILES string of the molecule is CN(C)SNc1cccc(CN2C(=O)Oc3cc(Oc4cccnn4)ccc3C23COC3)c1F. The van der Waals surface area contributed by atoms with Crippen LogP contribution in [0.1, 0.15) is 11.1 Å². The van der Waals surface area contributed by atoms with Crippen LogP contribution in [0.25, 0.3) is 0 Å². The molecule has 1 fully saturated rings. The van der Waals surface area contributed by atoms with Crippen molar-refractivity contribution in [1.29, 1.82) is 0 Å². The maximum absolute atomic E-state index is 15.2. The quantitative estimate of drug-likeness (QED) is 0.497. The molecule has 1 aromatic heterocycles. The highest BCUT2D eigenvalue weighted by Crippen LogP contribution is 2.47. The van der Waals surface area contributed by atoms with E-state index in [0.717, 1.165) is 5.56 Å². The molecule has 2 aliphatic rings. The first kappa shape index (κ1) is 22.4. The lowest BCUT2D eigenvalue weighted by Gasteiger charge is -2.51. The lowest BCUT2D eigenvalue weighted by atomic mass is 9.84. The van der Waals surface area contributed by atoms with Crippen LogP contribution in [-0.2, 0) is 16.8 Å². The van der Waals surface area contributed by atoms with Crippen LogP contribution in [0.5, 0.6) is 17.4 Å². The molecule has 11 heteroatoms. The molecule has 3 heterocycles. The van der Waals surface area contributed by atoms with E-state index >= 15 is 4.39 Å². The molecule has 0 unspecified atom stereocenters. The van der Waals surface area contributed by atoms with Crippen molar-refractivity contribution in [3.8, 4) is 17.4 Å². The number of benzene rings is 2. The van der Waals surface area contributed by atoms with Gasteiger partial charge in [0.25, 0.3) is 0 Å². The zero-order valence-electron chi connectivity index (χ0n) is 18.5. The third-order valence-electron chi connectivity index (χ3n) is 5.59. The smallest absolute Gasteiger partial charge is 0.416 e. The number of ether oxygens (including phenoxy) is 3. The second-order valence-corrected chi connectivity index (χ2v) is 9.20. The Morgan fingerprint density at radius 2 is 2.09 bits per heavy atom. The van der Waals surface area contributed by atoms with E-state index in [9.17, 15) is 4.79 Å². The van der Waals surface area contributed by atoms with Gasteiger partial charge in [-0.05, 0) is 38.4 Å². The molecule has 0 saturated carbocycles. The molecular weight excluding hydrogens is 461 g/mol. The van der Waals surface area contributed by atoms with Gasteiger partial charge in [-0.3, -0.25) is 4.90 Å². The monoisotopic (exact) mass is 483 g/mol. The predicted molar refractivity (Wildman–Crippen MR) is 124 cm³/mol.